The van der Waals surface area contributed by atoms with Crippen LogP contribution in [0.1, 0.15) is 0 Å². The highest BCUT2D eigenvalue weighted by Crippen LogP contribution is 2.21. The monoisotopic (exact) mass is 289 g/mol. The highest BCUT2D eigenvalue weighted by atomic mass is 32.2. The maximum Gasteiger partial charge on any atom is 0.409 e. The van der Waals surface area contributed by atoms with Crippen molar-refractivity contribution >= 4 is 17.9 Å². The second-order valence-electron chi connectivity index (χ2n) is 4.42. The lowest BCUT2D eigenvalue weighted by atomic mass is 10.2. The van der Waals surface area contributed by atoms with Gasteiger partial charge in [-0.25, -0.2) is 9.78 Å². The Kier molecular flexibility index (Phi) is 3.92. The molecule has 0 spiro atoms. The Morgan fingerprint density at radius 1 is 1.35 bits per heavy atom. The van der Waals surface area contributed by atoms with Gasteiger partial charge >= 0.3 is 6.09 Å². The molecule has 1 aromatic heterocycles. The van der Waals surface area contributed by atoms with E-state index in [9.17, 15) is 4.79 Å². The Hall–Kier alpha value is -1.95. The Bertz CT molecular complexity index is 585. The fraction of sp³-hybridized carbons (Fsp3) is 0.286. The van der Waals surface area contributed by atoms with Crippen molar-refractivity contribution in [3.8, 4) is 11.3 Å². The molecule has 0 atom stereocenters. The predicted molar refractivity (Wildman–Crippen MR) is 77.7 cm³/mol. The number of hydrogen-bond donors (Lipinski definition) is 1. The van der Waals surface area contributed by atoms with E-state index in [1.165, 1.54) is 0 Å². The number of nitrogens with one attached hydrogen (secondary N) is 1. The zero-order chi connectivity index (χ0) is 13.8. The highest BCUT2D eigenvalue weighted by molar-refractivity contribution is 7.99. The molecule has 0 unspecified atom stereocenters. The molecule has 6 heteroatoms. The Morgan fingerprint density at radius 2 is 2.20 bits per heavy atom. The minimum Gasteiger partial charge on any atom is -0.448 e. The third-order valence-corrected chi connectivity index (χ3v) is 3.95. The van der Waals surface area contributed by atoms with Gasteiger partial charge in [0.1, 0.15) is 6.61 Å². The molecular weight excluding hydrogens is 274 g/mol. The van der Waals surface area contributed by atoms with Crippen LogP contribution >= 0.6 is 11.8 Å². The summed E-state index contributed by atoms with van der Waals surface area (Å²) in [5, 5.41) is 0.872. The highest BCUT2D eigenvalue weighted by Gasteiger charge is 2.21. The van der Waals surface area contributed by atoms with Gasteiger partial charge in [0.2, 0.25) is 0 Å². The minimum absolute atomic E-state index is 0.213. The SMILES string of the molecule is O=C1OCCN1CCSc1ncc(-c2ccccc2)[nH]1. The lowest BCUT2D eigenvalue weighted by molar-refractivity contribution is 0.160. The average molecular weight is 289 g/mol. The number of carbonyl (C=O) groups excluding carboxylic acids is 1. The van der Waals surface area contributed by atoms with Crippen molar-refractivity contribution in [2.24, 2.45) is 0 Å². The molecule has 1 fully saturated rings. The third-order valence-electron chi connectivity index (χ3n) is 3.08. The third kappa shape index (κ3) is 2.96. The molecule has 1 saturated heterocycles. The van der Waals surface area contributed by atoms with Crippen molar-refractivity contribution in [1.82, 2.24) is 14.9 Å². The number of thioether (sulfide) groups is 1. The van der Waals surface area contributed by atoms with Crippen LogP contribution in [0.3, 0.4) is 0 Å². The molecule has 1 aliphatic rings. The number of aromatic amines is 1. The summed E-state index contributed by atoms with van der Waals surface area (Å²) < 4.78 is 4.88. The summed E-state index contributed by atoms with van der Waals surface area (Å²) in [7, 11) is 0. The number of imidazole rings is 1. The summed E-state index contributed by atoms with van der Waals surface area (Å²) in [5.41, 5.74) is 2.13. The number of ether oxygens (including phenoxy) is 1. The quantitative estimate of drug-likeness (QED) is 0.860. The van der Waals surface area contributed by atoms with Crippen molar-refractivity contribution in [2.45, 2.75) is 5.16 Å². The maximum absolute atomic E-state index is 11.3. The van der Waals surface area contributed by atoms with E-state index in [4.69, 9.17) is 4.74 Å². The molecule has 3 rings (SSSR count). The van der Waals surface area contributed by atoms with Gasteiger partial charge in [-0.15, -0.1) is 0 Å². The van der Waals surface area contributed by atoms with E-state index in [-0.39, 0.29) is 6.09 Å². The summed E-state index contributed by atoms with van der Waals surface area (Å²) in [5.74, 6) is 0.802. The van der Waals surface area contributed by atoms with Crippen molar-refractivity contribution < 1.29 is 9.53 Å². The van der Waals surface area contributed by atoms with Gasteiger partial charge in [-0.3, -0.25) is 0 Å². The second-order valence-corrected chi connectivity index (χ2v) is 5.50. The Balaban J connectivity index is 1.54. The fourth-order valence-corrected chi connectivity index (χ4v) is 2.84. The molecular formula is C14H15N3O2S. The smallest absolute Gasteiger partial charge is 0.409 e. The van der Waals surface area contributed by atoms with Crippen molar-refractivity contribution in [1.29, 1.82) is 0 Å². The molecule has 20 heavy (non-hydrogen) atoms. The molecule has 2 heterocycles. The Morgan fingerprint density at radius 3 is 2.95 bits per heavy atom. The normalized spacial score (nSPS) is 14.6. The van der Waals surface area contributed by atoms with E-state index in [1.807, 2.05) is 36.5 Å². The van der Waals surface area contributed by atoms with Crippen LogP contribution in [0.15, 0.2) is 41.7 Å². The topological polar surface area (TPSA) is 58.2 Å². The molecule has 1 N–H and O–H groups in total. The largest absolute Gasteiger partial charge is 0.448 e. The van der Waals surface area contributed by atoms with Gasteiger partial charge in [0.05, 0.1) is 18.4 Å². The van der Waals surface area contributed by atoms with Crippen LogP contribution in [-0.2, 0) is 4.74 Å². The molecule has 0 saturated carbocycles. The van der Waals surface area contributed by atoms with Gasteiger partial charge in [-0.1, -0.05) is 42.1 Å². The van der Waals surface area contributed by atoms with Crippen LogP contribution in [0.4, 0.5) is 4.79 Å². The fourth-order valence-electron chi connectivity index (χ4n) is 2.02. The lowest BCUT2D eigenvalue weighted by Gasteiger charge is -2.10. The average Bonchev–Trinajstić information content (AvgIpc) is 3.10. The molecule has 2 aromatic rings. The van der Waals surface area contributed by atoms with E-state index in [2.05, 4.69) is 9.97 Å². The van der Waals surface area contributed by atoms with Crippen LogP contribution < -0.4 is 0 Å². The number of rotatable bonds is 5. The first kappa shape index (κ1) is 13.1. The number of carbonyl (C=O) groups is 1. The van der Waals surface area contributed by atoms with E-state index in [0.29, 0.717) is 19.7 Å². The minimum atomic E-state index is -0.213. The summed E-state index contributed by atoms with van der Waals surface area (Å²) >= 11 is 1.61. The van der Waals surface area contributed by atoms with E-state index >= 15 is 0 Å². The molecule has 5 nitrogen and oxygen atoms in total. The number of cyclic esters (lactones) is 1. The first-order valence-corrected chi connectivity index (χ1v) is 7.46. The summed E-state index contributed by atoms with van der Waals surface area (Å²) in [6.07, 6.45) is 1.62. The summed E-state index contributed by atoms with van der Waals surface area (Å²) in [6, 6.07) is 10.1. The lowest BCUT2D eigenvalue weighted by Crippen LogP contribution is -2.26. The number of nitrogens with zero attached hydrogens (tertiary/aromatic N) is 2. The van der Waals surface area contributed by atoms with Gasteiger partial charge in [-0.05, 0) is 5.56 Å². The van der Waals surface area contributed by atoms with Gasteiger partial charge in [-0.2, -0.15) is 0 Å². The van der Waals surface area contributed by atoms with Crippen LogP contribution in [0.2, 0.25) is 0 Å². The van der Waals surface area contributed by atoms with Crippen molar-refractivity contribution in [3.05, 3.63) is 36.5 Å². The summed E-state index contributed by atoms with van der Waals surface area (Å²) in [4.78, 5) is 20.6. The van der Waals surface area contributed by atoms with Crippen LogP contribution in [-0.4, -0.2) is 46.4 Å². The van der Waals surface area contributed by atoms with Crippen LogP contribution in [0.5, 0.6) is 0 Å². The molecule has 1 aliphatic heterocycles. The van der Waals surface area contributed by atoms with Gasteiger partial charge in [0.15, 0.2) is 5.16 Å². The second kappa shape index (κ2) is 6.00. The molecule has 104 valence electrons. The van der Waals surface area contributed by atoms with Gasteiger partial charge in [0.25, 0.3) is 0 Å². The number of aromatic nitrogens is 2. The first-order chi connectivity index (χ1) is 9.83. The predicted octanol–water partition coefficient (Wildman–Crippen LogP) is 2.62. The van der Waals surface area contributed by atoms with Crippen LogP contribution in [0, 0.1) is 0 Å². The van der Waals surface area contributed by atoms with E-state index in [0.717, 1.165) is 22.2 Å². The molecule has 1 aromatic carbocycles. The summed E-state index contributed by atoms with van der Waals surface area (Å²) in [6.45, 7) is 1.88. The number of H-pyrrole nitrogens is 1. The van der Waals surface area contributed by atoms with Crippen molar-refractivity contribution in [3.63, 3.8) is 0 Å². The number of amides is 1. The van der Waals surface area contributed by atoms with Crippen LogP contribution in [0.25, 0.3) is 11.3 Å². The maximum atomic E-state index is 11.3. The molecule has 1 amide bonds. The van der Waals surface area contributed by atoms with Crippen molar-refractivity contribution in [2.75, 3.05) is 25.4 Å². The molecule has 0 bridgehead atoms. The van der Waals surface area contributed by atoms with E-state index < -0.39 is 0 Å². The zero-order valence-electron chi connectivity index (χ0n) is 10.9. The number of hydrogen-bond acceptors (Lipinski definition) is 4. The van der Waals surface area contributed by atoms with E-state index in [1.54, 1.807) is 16.7 Å². The number of benzene rings is 1. The van der Waals surface area contributed by atoms with Gasteiger partial charge in [0, 0.05) is 12.3 Å². The standard InChI is InChI=1S/C14H15N3O2S/c18-14-17(6-8-19-14)7-9-20-13-15-10-12(16-13)11-4-2-1-3-5-11/h1-5,10H,6-9H2,(H,15,16). The van der Waals surface area contributed by atoms with Gasteiger partial charge < -0.3 is 14.6 Å². The molecule has 0 aliphatic carbocycles. The Labute approximate surface area is 121 Å². The zero-order valence-corrected chi connectivity index (χ0v) is 11.7. The first-order valence-electron chi connectivity index (χ1n) is 6.48. The molecule has 0 radical (unpaired) electrons.